The highest BCUT2D eigenvalue weighted by Crippen LogP contribution is 2.76. The summed E-state index contributed by atoms with van der Waals surface area (Å²) in [5.41, 5.74) is -1.85. The molecule has 5 aliphatic carbocycles. The lowest BCUT2D eigenvalue weighted by Gasteiger charge is -2.71. The second kappa shape index (κ2) is 21.6. The van der Waals surface area contributed by atoms with Crippen molar-refractivity contribution >= 4 is 5.97 Å². The minimum atomic E-state index is -1.91. The van der Waals surface area contributed by atoms with E-state index in [2.05, 4.69) is 40.7 Å². The summed E-state index contributed by atoms with van der Waals surface area (Å²) in [6, 6.07) is 0. The fraction of sp³-hybridized carbons (Fsp3) is 0.943. The number of aliphatic hydroxyl groups is 14. The van der Waals surface area contributed by atoms with E-state index < -0.39 is 166 Å². The van der Waals surface area contributed by atoms with Crippen LogP contribution < -0.4 is 0 Å². The molecule has 0 unspecified atom stereocenters. The van der Waals surface area contributed by atoms with Crippen LogP contribution in [0.25, 0.3) is 0 Å². The molecule has 4 saturated carbocycles. The van der Waals surface area contributed by atoms with Crippen LogP contribution in [0.2, 0.25) is 0 Å². The second-order valence-electron chi connectivity index (χ2n) is 25.7. The quantitative estimate of drug-likeness (QED) is 0.0549. The van der Waals surface area contributed by atoms with Gasteiger partial charge in [0.2, 0.25) is 6.29 Å². The molecule has 8 fully saturated rings. The molecule has 0 amide bonds. The number of rotatable bonds is 12. The van der Waals surface area contributed by atoms with Gasteiger partial charge in [0.15, 0.2) is 18.9 Å². The highest BCUT2D eigenvalue weighted by molar-refractivity contribution is 5.79. The smallest absolute Gasteiger partial charge is 0.315 e. The number of hydrogen-bond donors (Lipinski definition) is 14. The van der Waals surface area contributed by atoms with Crippen molar-refractivity contribution in [2.75, 3.05) is 33.0 Å². The summed E-state index contributed by atoms with van der Waals surface area (Å²) in [6.07, 6.45) is -23.5. The molecule has 4 heterocycles. The van der Waals surface area contributed by atoms with Crippen LogP contribution >= 0.6 is 0 Å². The average molecular weight is 1090 g/mol. The zero-order valence-electron chi connectivity index (χ0n) is 44.4. The van der Waals surface area contributed by atoms with Crippen molar-refractivity contribution in [1.82, 2.24) is 0 Å². The summed E-state index contributed by atoms with van der Waals surface area (Å²) >= 11 is 0. The Morgan fingerprint density at radius 3 is 1.66 bits per heavy atom. The van der Waals surface area contributed by atoms with Crippen LogP contribution in [0.3, 0.4) is 0 Å². The standard InChI is InChI=1S/C53H86O23/c1-48(2)13-15-53(47(68)76-45-40(67)37(64)34(61)28(20-56)72-45)16-14-51(5)23(24(53)17-48)7-8-30-49(3)11-10-31(50(4,22-57)29(49)9-12-52(30,51)6)73-46-42(75-44-39(66)36(63)33(60)27(19-55)71-44)41(25(58)21-69-46)74-43-38(65)35(62)32(59)26(18-54)70-43/h7,24-46,54-67H,8-22H2,1-6H3/t24-,25-,26+,27+,28+,29-,30+,31+,32+,33+,34+,35-,36-,37-,38+,39+,40+,41-,42+,43-,44-,45-,46-,49-,50-,51+,52+,53-/m0/s1. The van der Waals surface area contributed by atoms with Gasteiger partial charge in [0.1, 0.15) is 91.6 Å². The number of carbonyl (C=O) groups excluding carboxylic acids is 1. The third kappa shape index (κ3) is 9.46. The molecule has 9 rings (SSSR count). The number of aliphatic hydroxyl groups excluding tert-OH is 14. The number of ether oxygens (including phenoxy) is 8. The Morgan fingerprint density at radius 2 is 1.11 bits per heavy atom. The van der Waals surface area contributed by atoms with E-state index in [0.29, 0.717) is 51.4 Å². The maximum Gasteiger partial charge on any atom is 0.315 e. The number of allylic oxidation sites excluding steroid dienone is 2. The molecule has 9 aliphatic rings. The van der Waals surface area contributed by atoms with E-state index in [-0.39, 0.29) is 46.0 Å². The molecule has 23 heteroatoms. The van der Waals surface area contributed by atoms with E-state index in [4.69, 9.17) is 37.9 Å². The number of esters is 1. The van der Waals surface area contributed by atoms with Crippen molar-refractivity contribution in [3.05, 3.63) is 11.6 Å². The average Bonchev–Trinajstić information content (AvgIpc) is 3.39. The van der Waals surface area contributed by atoms with Gasteiger partial charge in [-0.2, -0.15) is 0 Å². The van der Waals surface area contributed by atoms with Crippen molar-refractivity contribution < 1.29 is 114 Å². The first-order chi connectivity index (χ1) is 35.7. The van der Waals surface area contributed by atoms with E-state index in [0.717, 1.165) is 12.8 Å². The molecule has 14 N–H and O–H groups in total. The monoisotopic (exact) mass is 1090 g/mol. The Kier molecular flexibility index (Phi) is 16.8. The molecule has 0 aromatic heterocycles. The van der Waals surface area contributed by atoms with Gasteiger partial charge >= 0.3 is 5.97 Å². The molecule has 0 bridgehead atoms. The maximum atomic E-state index is 14.8. The zero-order valence-corrected chi connectivity index (χ0v) is 44.4. The molecular weight excluding hydrogens is 1000 g/mol. The molecule has 76 heavy (non-hydrogen) atoms. The normalized spacial score (nSPS) is 54.3. The lowest BCUT2D eigenvalue weighted by Crippen LogP contribution is -2.67. The van der Waals surface area contributed by atoms with Gasteiger partial charge < -0.3 is 109 Å². The largest absolute Gasteiger partial charge is 0.432 e. The first-order valence-corrected chi connectivity index (χ1v) is 27.4. The van der Waals surface area contributed by atoms with Crippen LogP contribution in [0.4, 0.5) is 0 Å². The number of hydrogen-bond acceptors (Lipinski definition) is 23. The first-order valence-electron chi connectivity index (χ1n) is 27.4. The van der Waals surface area contributed by atoms with Crippen LogP contribution in [0.5, 0.6) is 0 Å². The van der Waals surface area contributed by atoms with Crippen molar-refractivity contribution in [1.29, 1.82) is 0 Å². The van der Waals surface area contributed by atoms with Gasteiger partial charge in [-0.05, 0) is 104 Å². The highest BCUT2D eigenvalue weighted by Gasteiger charge is 2.71. The third-order valence-corrected chi connectivity index (χ3v) is 21.2. The molecule has 28 atom stereocenters. The van der Waals surface area contributed by atoms with Gasteiger partial charge in [-0.25, -0.2) is 0 Å². The molecular formula is C53H86O23. The fourth-order valence-electron chi connectivity index (χ4n) is 16.2. The second-order valence-corrected chi connectivity index (χ2v) is 25.7. The summed E-state index contributed by atoms with van der Waals surface area (Å²) in [7, 11) is 0. The van der Waals surface area contributed by atoms with Gasteiger partial charge in [0.05, 0.1) is 44.6 Å². The summed E-state index contributed by atoms with van der Waals surface area (Å²) in [4.78, 5) is 14.8. The summed E-state index contributed by atoms with van der Waals surface area (Å²) in [5.74, 6) is -0.790. The van der Waals surface area contributed by atoms with Crippen molar-refractivity contribution in [3.8, 4) is 0 Å². The fourth-order valence-corrected chi connectivity index (χ4v) is 16.2. The number of carbonyl (C=O) groups is 1. The van der Waals surface area contributed by atoms with Gasteiger partial charge in [0, 0.05) is 5.41 Å². The van der Waals surface area contributed by atoms with Crippen molar-refractivity contribution in [2.24, 2.45) is 50.2 Å². The topological polar surface area (TPSA) is 374 Å². The minimum absolute atomic E-state index is 0.101. The molecule has 0 spiro atoms. The van der Waals surface area contributed by atoms with Crippen LogP contribution in [-0.4, -0.2) is 233 Å². The van der Waals surface area contributed by atoms with E-state index in [1.54, 1.807) is 0 Å². The van der Waals surface area contributed by atoms with Gasteiger partial charge in [-0.15, -0.1) is 0 Å². The minimum Gasteiger partial charge on any atom is -0.432 e. The lowest BCUT2D eigenvalue weighted by molar-refractivity contribution is -0.390. The Labute approximate surface area is 442 Å². The zero-order chi connectivity index (χ0) is 55.4. The van der Waals surface area contributed by atoms with Crippen LogP contribution in [0.15, 0.2) is 11.6 Å². The van der Waals surface area contributed by atoms with E-state index >= 15 is 0 Å². The van der Waals surface area contributed by atoms with Crippen molar-refractivity contribution in [3.63, 3.8) is 0 Å². The SMILES string of the molecule is CC1(C)CC[C@]2(C(=O)O[C@@H]3O[C@H](CO)[C@@H](O)[C@H](O)[C@H]3O)CC[C@]3(C)C(=CC[C@@H]4[C@@]5(C)CC[C@@H](O[C@@H]6OC[C@H](O)[C@H](O[C@@H]7O[C@H](CO)[C@@H](O)[C@H](O)[C@H]7O)[C@H]6O[C@@H]6O[C@H](CO)[C@@H](O)[C@H](O)[C@H]6O)[C@@](C)(CO)[C@H]5CC[C@]43C)[C@@H]2C1. The molecule has 0 aromatic carbocycles. The molecule has 4 aliphatic heterocycles. The van der Waals surface area contributed by atoms with Gasteiger partial charge in [0.25, 0.3) is 0 Å². The molecule has 4 saturated heterocycles. The third-order valence-electron chi connectivity index (χ3n) is 21.2. The Balaban J connectivity index is 0.990. The molecule has 436 valence electrons. The summed E-state index contributed by atoms with van der Waals surface area (Å²) < 4.78 is 48.5. The van der Waals surface area contributed by atoms with Crippen molar-refractivity contribution in [2.45, 2.75) is 229 Å². The molecule has 0 radical (unpaired) electrons. The van der Waals surface area contributed by atoms with Crippen LogP contribution in [-0.2, 0) is 42.7 Å². The molecule has 23 nitrogen and oxygen atoms in total. The predicted octanol–water partition coefficient (Wildman–Crippen LogP) is -2.42. The lowest BCUT2D eigenvalue weighted by atomic mass is 9.33. The van der Waals surface area contributed by atoms with Crippen LogP contribution in [0.1, 0.15) is 106 Å². The molecule has 0 aromatic rings. The number of fused-ring (bicyclic) bond motifs is 7. The maximum absolute atomic E-state index is 14.8. The Hall–Kier alpha value is -1.63. The summed E-state index contributed by atoms with van der Waals surface area (Å²) in [6.45, 7) is 10.4. The first kappa shape index (κ1) is 59.0. The van der Waals surface area contributed by atoms with E-state index in [9.17, 15) is 76.3 Å². The predicted molar refractivity (Wildman–Crippen MR) is 258 cm³/mol. The van der Waals surface area contributed by atoms with Gasteiger partial charge in [-0.3, -0.25) is 4.79 Å². The van der Waals surface area contributed by atoms with E-state index in [1.807, 2.05) is 6.92 Å². The highest BCUT2D eigenvalue weighted by atomic mass is 16.8. The van der Waals surface area contributed by atoms with Crippen LogP contribution in [0, 0.1) is 50.2 Å². The Bertz CT molecular complexity index is 2080. The Morgan fingerprint density at radius 1 is 0.579 bits per heavy atom. The van der Waals surface area contributed by atoms with E-state index in [1.165, 1.54) is 5.57 Å². The summed E-state index contributed by atoms with van der Waals surface area (Å²) in [5, 5.41) is 149. The van der Waals surface area contributed by atoms with Gasteiger partial charge in [-0.1, -0.05) is 53.2 Å².